The summed E-state index contributed by atoms with van der Waals surface area (Å²) in [6, 6.07) is 4.14. The third-order valence-electron chi connectivity index (χ3n) is 3.83. The first kappa shape index (κ1) is 14.3. The summed E-state index contributed by atoms with van der Waals surface area (Å²) in [5.41, 5.74) is 1.22. The van der Waals surface area contributed by atoms with E-state index < -0.39 is 0 Å². The highest BCUT2D eigenvalue weighted by atomic mass is 16.5. The van der Waals surface area contributed by atoms with E-state index in [9.17, 15) is 0 Å². The van der Waals surface area contributed by atoms with Crippen LogP contribution < -0.4 is 5.32 Å². The standard InChI is InChI=1S/C16H26N2O/c1-3-9-17-16-11-14(8-10-18-16)12-19-15-6-4-13(2)5-7-15/h8,10-11,13,15H,3-7,9,12H2,1-2H3,(H,17,18). The second-order valence-corrected chi connectivity index (χ2v) is 5.67. The van der Waals surface area contributed by atoms with Gasteiger partial charge in [0.2, 0.25) is 0 Å². The fraction of sp³-hybridized carbons (Fsp3) is 0.688. The van der Waals surface area contributed by atoms with Crippen molar-refractivity contribution in [3.8, 4) is 0 Å². The van der Waals surface area contributed by atoms with E-state index in [0.29, 0.717) is 12.7 Å². The third-order valence-corrected chi connectivity index (χ3v) is 3.83. The summed E-state index contributed by atoms with van der Waals surface area (Å²) in [7, 11) is 0. The van der Waals surface area contributed by atoms with Crippen LogP contribution in [0.4, 0.5) is 5.82 Å². The van der Waals surface area contributed by atoms with Crippen LogP contribution in [-0.2, 0) is 11.3 Å². The maximum Gasteiger partial charge on any atom is 0.126 e. The fourth-order valence-electron chi connectivity index (χ4n) is 2.52. The second-order valence-electron chi connectivity index (χ2n) is 5.67. The molecule has 1 aliphatic rings. The van der Waals surface area contributed by atoms with Crippen molar-refractivity contribution in [3.05, 3.63) is 23.9 Å². The zero-order valence-corrected chi connectivity index (χ0v) is 12.2. The van der Waals surface area contributed by atoms with Crippen molar-refractivity contribution in [2.75, 3.05) is 11.9 Å². The van der Waals surface area contributed by atoms with E-state index in [1.807, 2.05) is 12.3 Å². The largest absolute Gasteiger partial charge is 0.374 e. The van der Waals surface area contributed by atoms with Gasteiger partial charge in [0, 0.05) is 12.7 Å². The van der Waals surface area contributed by atoms with Gasteiger partial charge < -0.3 is 10.1 Å². The lowest BCUT2D eigenvalue weighted by Crippen LogP contribution is -2.20. The van der Waals surface area contributed by atoms with Gasteiger partial charge in [-0.3, -0.25) is 0 Å². The Morgan fingerprint density at radius 1 is 1.32 bits per heavy atom. The van der Waals surface area contributed by atoms with Crippen molar-refractivity contribution in [2.24, 2.45) is 5.92 Å². The van der Waals surface area contributed by atoms with Gasteiger partial charge in [0.1, 0.15) is 5.82 Å². The van der Waals surface area contributed by atoms with Crippen LogP contribution in [0.25, 0.3) is 0 Å². The Morgan fingerprint density at radius 3 is 2.84 bits per heavy atom. The number of nitrogens with one attached hydrogen (secondary N) is 1. The zero-order valence-electron chi connectivity index (χ0n) is 12.2. The molecule has 1 aliphatic carbocycles. The van der Waals surface area contributed by atoms with Crippen LogP contribution in [0.15, 0.2) is 18.3 Å². The molecule has 1 saturated carbocycles. The van der Waals surface area contributed by atoms with Gasteiger partial charge in [0.05, 0.1) is 12.7 Å². The number of anilines is 1. The Morgan fingerprint density at radius 2 is 2.11 bits per heavy atom. The van der Waals surface area contributed by atoms with E-state index in [1.165, 1.54) is 31.2 Å². The molecule has 0 aromatic carbocycles. The molecule has 0 spiro atoms. The average molecular weight is 262 g/mol. The van der Waals surface area contributed by atoms with Gasteiger partial charge in [0.25, 0.3) is 0 Å². The fourth-order valence-corrected chi connectivity index (χ4v) is 2.52. The van der Waals surface area contributed by atoms with Crippen molar-refractivity contribution in [1.82, 2.24) is 4.98 Å². The molecule has 1 fully saturated rings. The molecule has 106 valence electrons. The van der Waals surface area contributed by atoms with E-state index >= 15 is 0 Å². The van der Waals surface area contributed by atoms with E-state index in [4.69, 9.17) is 4.74 Å². The molecule has 0 unspecified atom stereocenters. The Balaban J connectivity index is 1.78. The molecule has 2 rings (SSSR count). The molecule has 0 bridgehead atoms. The van der Waals surface area contributed by atoms with Crippen LogP contribution in [0.2, 0.25) is 0 Å². The first-order valence-corrected chi connectivity index (χ1v) is 7.58. The number of pyridine rings is 1. The normalized spacial score (nSPS) is 23.3. The highest BCUT2D eigenvalue weighted by molar-refractivity contribution is 5.37. The van der Waals surface area contributed by atoms with E-state index in [0.717, 1.165) is 24.7 Å². The van der Waals surface area contributed by atoms with Crippen molar-refractivity contribution in [1.29, 1.82) is 0 Å². The molecule has 0 atom stereocenters. The molecule has 1 heterocycles. The van der Waals surface area contributed by atoms with Crippen LogP contribution in [0.5, 0.6) is 0 Å². The Kier molecular flexibility index (Phi) is 5.64. The lowest BCUT2D eigenvalue weighted by Gasteiger charge is -2.26. The predicted molar refractivity (Wildman–Crippen MR) is 79.2 cm³/mol. The van der Waals surface area contributed by atoms with Gasteiger partial charge in [0.15, 0.2) is 0 Å². The Labute approximate surface area is 116 Å². The SMILES string of the molecule is CCCNc1cc(COC2CCC(C)CC2)ccn1. The summed E-state index contributed by atoms with van der Waals surface area (Å²) in [6.07, 6.45) is 8.48. The van der Waals surface area contributed by atoms with Crippen LogP contribution in [0.3, 0.4) is 0 Å². The second kappa shape index (κ2) is 7.49. The molecule has 0 saturated heterocycles. The van der Waals surface area contributed by atoms with Crippen molar-refractivity contribution < 1.29 is 4.74 Å². The first-order chi connectivity index (χ1) is 9.28. The molecular formula is C16H26N2O. The van der Waals surface area contributed by atoms with Crippen molar-refractivity contribution in [3.63, 3.8) is 0 Å². The number of ether oxygens (including phenoxy) is 1. The minimum Gasteiger partial charge on any atom is -0.374 e. The van der Waals surface area contributed by atoms with Gasteiger partial charge in [-0.25, -0.2) is 4.98 Å². The summed E-state index contributed by atoms with van der Waals surface area (Å²) in [4.78, 5) is 4.31. The smallest absolute Gasteiger partial charge is 0.126 e. The van der Waals surface area contributed by atoms with Crippen LogP contribution in [0, 0.1) is 5.92 Å². The highest BCUT2D eigenvalue weighted by Crippen LogP contribution is 2.26. The molecule has 0 radical (unpaired) electrons. The van der Waals surface area contributed by atoms with Gasteiger partial charge in [-0.2, -0.15) is 0 Å². The number of rotatable bonds is 6. The summed E-state index contributed by atoms with van der Waals surface area (Å²) in [5.74, 6) is 1.84. The van der Waals surface area contributed by atoms with Gasteiger partial charge >= 0.3 is 0 Å². The third kappa shape index (κ3) is 4.83. The van der Waals surface area contributed by atoms with Crippen molar-refractivity contribution in [2.45, 2.75) is 58.7 Å². The van der Waals surface area contributed by atoms with Gasteiger partial charge in [-0.05, 0) is 55.7 Å². The lowest BCUT2D eigenvalue weighted by molar-refractivity contribution is 0.00876. The minimum atomic E-state index is 0.455. The predicted octanol–water partition coefficient (Wildman–Crippen LogP) is 4.00. The molecular weight excluding hydrogens is 236 g/mol. The van der Waals surface area contributed by atoms with E-state index in [1.54, 1.807) is 0 Å². The van der Waals surface area contributed by atoms with E-state index in [-0.39, 0.29) is 0 Å². The van der Waals surface area contributed by atoms with E-state index in [2.05, 4.69) is 30.2 Å². The highest BCUT2D eigenvalue weighted by Gasteiger charge is 2.18. The Hall–Kier alpha value is -1.09. The molecule has 3 nitrogen and oxygen atoms in total. The molecule has 1 N–H and O–H groups in total. The lowest BCUT2D eigenvalue weighted by atomic mass is 9.89. The molecule has 0 amide bonds. The zero-order chi connectivity index (χ0) is 13.5. The summed E-state index contributed by atoms with van der Waals surface area (Å²) < 4.78 is 6.02. The van der Waals surface area contributed by atoms with Gasteiger partial charge in [-0.1, -0.05) is 13.8 Å². The summed E-state index contributed by atoms with van der Waals surface area (Å²) in [6.45, 7) is 6.18. The monoisotopic (exact) mass is 262 g/mol. The number of hydrogen-bond acceptors (Lipinski definition) is 3. The molecule has 1 aromatic heterocycles. The minimum absolute atomic E-state index is 0.455. The number of aromatic nitrogens is 1. The van der Waals surface area contributed by atoms with Crippen molar-refractivity contribution >= 4 is 5.82 Å². The topological polar surface area (TPSA) is 34.1 Å². The molecule has 3 heteroatoms. The maximum absolute atomic E-state index is 6.02. The van der Waals surface area contributed by atoms with Crippen LogP contribution in [-0.4, -0.2) is 17.6 Å². The average Bonchev–Trinajstić information content (AvgIpc) is 2.45. The number of nitrogens with zero attached hydrogens (tertiary/aromatic N) is 1. The van der Waals surface area contributed by atoms with Gasteiger partial charge in [-0.15, -0.1) is 0 Å². The molecule has 0 aliphatic heterocycles. The first-order valence-electron chi connectivity index (χ1n) is 7.58. The maximum atomic E-state index is 6.02. The quantitative estimate of drug-likeness (QED) is 0.841. The summed E-state index contributed by atoms with van der Waals surface area (Å²) >= 11 is 0. The molecule has 19 heavy (non-hydrogen) atoms. The van der Waals surface area contributed by atoms with Crippen LogP contribution in [0.1, 0.15) is 51.5 Å². The number of hydrogen-bond donors (Lipinski definition) is 1. The van der Waals surface area contributed by atoms with Crippen LogP contribution >= 0.6 is 0 Å². The Bertz CT molecular complexity index is 373. The summed E-state index contributed by atoms with van der Waals surface area (Å²) in [5, 5.41) is 3.31. The molecule has 1 aromatic rings.